The van der Waals surface area contributed by atoms with E-state index in [4.69, 9.17) is 14.5 Å². The zero-order valence-corrected chi connectivity index (χ0v) is 25.9. The van der Waals surface area contributed by atoms with Crippen LogP contribution < -0.4 is 10.9 Å². The van der Waals surface area contributed by atoms with E-state index in [-0.39, 0.29) is 43.2 Å². The van der Waals surface area contributed by atoms with Crippen molar-refractivity contribution in [1.82, 2.24) is 19.8 Å². The van der Waals surface area contributed by atoms with Gasteiger partial charge in [-0.1, -0.05) is 6.92 Å². The van der Waals surface area contributed by atoms with Gasteiger partial charge in [0.05, 0.1) is 29.0 Å². The van der Waals surface area contributed by atoms with Crippen molar-refractivity contribution in [1.29, 1.82) is 0 Å². The smallest absolute Gasteiger partial charge is 0.411 e. The molecule has 0 aliphatic carbocycles. The number of esters is 1. The maximum absolute atomic E-state index is 14.8. The molecule has 0 saturated carbocycles. The Balaban J connectivity index is 1.41. The minimum Gasteiger partial charge on any atom is -0.458 e. The quantitative estimate of drug-likeness (QED) is 0.327. The van der Waals surface area contributed by atoms with Gasteiger partial charge in [0, 0.05) is 41.4 Å². The summed E-state index contributed by atoms with van der Waals surface area (Å²) >= 11 is 1.33. The third-order valence-corrected chi connectivity index (χ3v) is 9.47. The first-order valence-corrected chi connectivity index (χ1v) is 15.5. The van der Waals surface area contributed by atoms with Crippen LogP contribution in [0.3, 0.4) is 0 Å². The number of thioether (sulfide) groups is 1. The first kappa shape index (κ1) is 30.1. The number of pyridine rings is 2. The van der Waals surface area contributed by atoms with Crippen LogP contribution >= 0.6 is 11.8 Å². The van der Waals surface area contributed by atoms with Crippen molar-refractivity contribution in [3.8, 4) is 11.4 Å². The van der Waals surface area contributed by atoms with E-state index in [2.05, 4.69) is 5.32 Å². The number of hydrogen-bond acceptors (Lipinski definition) is 9. The van der Waals surface area contributed by atoms with E-state index in [9.17, 15) is 28.7 Å². The van der Waals surface area contributed by atoms with E-state index in [1.54, 1.807) is 46.8 Å². The summed E-state index contributed by atoms with van der Waals surface area (Å²) in [5, 5.41) is 14.0. The number of rotatable bonds is 4. The lowest BCUT2D eigenvalue weighted by atomic mass is 9.86. The molecule has 1 aromatic carbocycles. The fourth-order valence-electron chi connectivity index (χ4n) is 5.95. The molecule has 0 radical (unpaired) electrons. The normalized spacial score (nSPS) is 20.7. The molecule has 3 aliphatic rings. The van der Waals surface area contributed by atoms with Gasteiger partial charge in [0.15, 0.2) is 11.0 Å². The number of aryl methyl sites for hydroxylation is 1. The molecule has 232 valence electrons. The lowest BCUT2D eigenvalue weighted by Crippen LogP contribution is -2.46. The Morgan fingerprint density at radius 3 is 2.70 bits per heavy atom. The molecule has 6 rings (SSSR count). The molecule has 1 saturated heterocycles. The first-order valence-electron chi connectivity index (χ1n) is 14.4. The van der Waals surface area contributed by atoms with Gasteiger partial charge in [0.25, 0.3) is 11.5 Å². The number of carbonyl (C=O) groups is 3. The zero-order valence-electron chi connectivity index (χ0n) is 25.1. The summed E-state index contributed by atoms with van der Waals surface area (Å²) in [6, 6.07) is 4.56. The van der Waals surface area contributed by atoms with Gasteiger partial charge in [0.2, 0.25) is 0 Å². The molecule has 44 heavy (non-hydrogen) atoms. The number of halogens is 1. The molecule has 0 spiro atoms. The number of nitrogens with zero attached hydrogens (tertiary/aromatic N) is 3. The van der Waals surface area contributed by atoms with E-state index in [0.717, 1.165) is 0 Å². The number of cyclic esters (lactones) is 1. The predicted molar refractivity (Wildman–Crippen MR) is 160 cm³/mol. The average molecular weight is 625 g/mol. The lowest BCUT2D eigenvalue weighted by Gasteiger charge is -2.31. The monoisotopic (exact) mass is 624 g/mol. The summed E-state index contributed by atoms with van der Waals surface area (Å²) in [6.07, 6.45) is -0.571. The number of fused-ring (bicyclic) bond motifs is 5. The molecule has 1 fully saturated rings. The number of amides is 2. The van der Waals surface area contributed by atoms with Crippen LogP contribution in [0.15, 0.2) is 23.0 Å². The third kappa shape index (κ3) is 4.82. The molecule has 0 bridgehead atoms. The van der Waals surface area contributed by atoms with Gasteiger partial charge in [-0.05, 0) is 57.4 Å². The van der Waals surface area contributed by atoms with Gasteiger partial charge in [-0.25, -0.2) is 19.0 Å². The van der Waals surface area contributed by atoms with E-state index in [0.29, 0.717) is 51.3 Å². The number of aliphatic hydroxyl groups is 1. The summed E-state index contributed by atoms with van der Waals surface area (Å²) in [7, 11) is 0. The molecule has 3 aliphatic heterocycles. The fraction of sp³-hybridized carbons (Fsp3) is 0.452. The van der Waals surface area contributed by atoms with Crippen LogP contribution in [0.25, 0.3) is 22.3 Å². The van der Waals surface area contributed by atoms with E-state index in [1.807, 2.05) is 0 Å². The van der Waals surface area contributed by atoms with Gasteiger partial charge in [0.1, 0.15) is 18.0 Å². The highest BCUT2D eigenvalue weighted by Crippen LogP contribution is 2.40. The maximum Gasteiger partial charge on any atom is 0.411 e. The second-order valence-corrected chi connectivity index (χ2v) is 13.4. The van der Waals surface area contributed by atoms with E-state index < -0.39 is 40.0 Å². The van der Waals surface area contributed by atoms with Gasteiger partial charge in [-0.15, -0.1) is 11.8 Å². The topological polar surface area (TPSA) is 140 Å². The molecule has 2 atom stereocenters. The Hall–Kier alpha value is -3.97. The van der Waals surface area contributed by atoms with Crippen LogP contribution in [0.4, 0.5) is 9.18 Å². The van der Waals surface area contributed by atoms with Crippen molar-refractivity contribution >= 4 is 40.6 Å². The van der Waals surface area contributed by atoms with Crippen molar-refractivity contribution < 1.29 is 33.4 Å². The average Bonchev–Trinajstić information content (AvgIpc) is 3.59. The zero-order chi connectivity index (χ0) is 31.7. The number of ether oxygens (including phenoxy) is 2. The second kappa shape index (κ2) is 10.6. The summed E-state index contributed by atoms with van der Waals surface area (Å²) in [6.45, 7) is 8.78. The van der Waals surface area contributed by atoms with Gasteiger partial charge < -0.3 is 24.5 Å². The summed E-state index contributed by atoms with van der Waals surface area (Å²) in [5.74, 6) is -1.10. The molecule has 5 heterocycles. The van der Waals surface area contributed by atoms with Crippen molar-refractivity contribution in [2.24, 2.45) is 0 Å². The van der Waals surface area contributed by atoms with E-state index in [1.165, 1.54) is 27.3 Å². The fourth-order valence-corrected chi connectivity index (χ4v) is 7.08. The number of hydrogen-bond donors (Lipinski definition) is 2. The highest BCUT2D eigenvalue weighted by Gasteiger charge is 2.45. The van der Waals surface area contributed by atoms with Crippen LogP contribution in [0.5, 0.6) is 0 Å². The summed E-state index contributed by atoms with van der Waals surface area (Å²) in [4.78, 5) is 58.6. The molecule has 13 heteroatoms. The van der Waals surface area contributed by atoms with Crippen LogP contribution in [0, 0.1) is 12.7 Å². The van der Waals surface area contributed by atoms with E-state index >= 15 is 0 Å². The number of aromatic nitrogens is 2. The second-order valence-electron chi connectivity index (χ2n) is 12.3. The van der Waals surface area contributed by atoms with Crippen LogP contribution in [0.2, 0.25) is 0 Å². The van der Waals surface area contributed by atoms with Crippen molar-refractivity contribution in [2.45, 2.75) is 77.3 Å². The largest absolute Gasteiger partial charge is 0.458 e. The predicted octanol–water partition coefficient (Wildman–Crippen LogP) is 3.45. The molecule has 0 unspecified atom stereocenters. The molecule has 2 N–H and O–H groups in total. The maximum atomic E-state index is 14.8. The Kier molecular flexibility index (Phi) is 7.23. The van der Waals surface area contributed by atoms with Crippen molar-refractivity contribution in [2.75, 3.05) is 12.3 Å². The minimum atomic E-state index is -1.99. The summed E-state index contributed by atoms with van der Waals surface area (Å²) in [5.41, 5.74) is 0.0226. The summed E-state index contributed by atoms with van der Waals surface area (Å²) < 4.78 is 26.9. The standard InChI is InChI=1S/C31H33FN4O7S/c1-6-31(41)20-10-23-24-18(13-36(23)26(38)19(20)14-42-28(31)39)17(16-9-15(2)21(32)11-22(16)34-24)12-33-25(37)27-35(7-8-44-27)29(40)43-30(3,4)5/h9-11,27,41H,6-8,12-14H2,1-5H3,(H,33,37)/t27-,31+/m1/s1. The highest BCUT2D eigenvalue weighted by atomic mass is 32.2. The number of carbonyl (C=O) groups excluding carboxylic acids is 3. The molecule has 2 aromatic heterocycles. The lowest BCUT2D eigenvalue weighted by molar-refractivity contribution is -0.172. The highest BCUT2D eigenvalue weighted by molar-refractivity contribution is 8.00. The Morgan fingerprint density at radius 1 is 1.25 bits per heavy atom. The Labute approximate surface area is 256 Å². The molecule has 2 amide bonds. The van der Waals surface area contributed by atoms with Gasteiger partial charge in [-0.2, -0.15) is 0 Å². The Bertz CT molecular complexity index is 1820. The van der Waals surface area contributed by atoms with Crippen molar-refractivity contribution in [3.63, 3.8) is 0 Å². The van der Waals surface area contributed by atoms with Crippen LogP contribution in [0.1, 0.15) is 61.9 Å². The molecular weight excluding hydrogens is 591 g/mol. The third-order valence-electron chi connectivity index (χ3n) is 8.27. The SMILES string of the molecule is CC[C@@]1(O)C(=O)OCc2c1cc1n(c2=O)Cc2c-1nc1cc(F)c(C)cc1c2CNC(=O)[C@H]1SCCN1C(=O)OC(C)(C)C. The van der Waals surface area contributed by atoms with Gasteiger partial charge in [-0.3, -0.25) is 14.5 Å². The van der Waals surface area contributed by atoms with Crippen LogP contribution in [-0.2, 0) is 44.4 Å². The van der Waals surface area contributed by atoms with Crippen molar-refractivity contribution in [3.05, 3.63) is 62.2 Å². The number of nitrogens with one attached hydrogen (secondary N) is 1. The minimum absolute atomic E-state index is 0.000986. The number of benzene rings is 1. The van der Waals surface area contributed by atoms with Gasteiger partial charge >= 0.3 is 12.1 Å². The molecule has 11 nitrogen and oxygen atoms in total. The van der Waals surface area contributed by atoms with Crippen LogP contribution in [-0.4, -0.2) is 60.8 Å². The first-order chi connectivity index (χ1) is 20.7. The molecule has 3 aromatic rings. The Morgan fingerprint density at radius 2 is 2.00 bits per heavy atom. The molecular formula is C31H33FN4O7S.